The largest absolute Gasteiger partial charge is 0.497 e. The van der Waals surface area contributed by atoms with Crippen LogP contribution in [-0.4, -0.2) is 16.9 Å². The van der Waals surface area contributed by atoms with Crippen LogP contribution in [0.5, 0.6) is 5.75 Å². The zero-order valence-electron chi connectivity index (χ0n) is 10.6. The van der Waals surface area contributed by atoms with Crippen molar-refractivity contribution in [3.8, 4) is 5.75 Å². The van der Waals surface area contributed by atoms with E-state index in [4.69, 9.17) is 10.5 Å². The monoisotopic (exact) mass is 357 g/mol. The second kappa shape index (κ2) is 5.17. The fourth-order valence-corrected chi connectivity index (χ4v) is 2.24. The maximum atomic E-state index is 6.07. The lowest BCUT2D eigenvalue weighted by molar-refractivity contribution is 0.413. The molecule has 0 saturated heterocycles. The summed E-state index contributed by atoms with van der Waals surface area (Å²) >= 11 is 2.22. The minimum Gasteiger partial charge on any atom is -0.497 e. The molecule has 5 heteroatoms. The zero-order valence-corrected chi connectivity index (χ0v) is 12.8. The third kappa shape index (κ3) is 2.31. The molecule has 1 aromatic carbocycles. The fourth-order valence-electron chi connectivity index (χ4n) is 1.88. The average molecular weight is 357 g/mol. The van der Waals surface area contributed by atoms with Crippen LogP contribution >= 0.6 is 22.6 Å². The Balaban J connectivity index is 2.40. The summed E-state index contributed by atoms with van der Waals surface area (Å²) in [6, 6.07) is 8.05. The van der Waals surface area contributed by atoms with Gasteiger partial charge in [-0.15, -0.1) is 0 Å². The SMILES string of the molecule is COc1cccc(C(C)n2nc(C)c(I)c2N)c1. The van der Waals surface area contributed by atoms with Crippen LogP contribution in [0.25, 0.3) is 0 Å². The van der Waals surface area contributed by atoms with Gasteiger partial charge in [0.15, 0.2) is 0 Å². The van der Waals surface area contributed by atoms with Crippen LogP contribution in [0.4, 0.5) is 5.82 Å². The van der Waals surface area contributed by atoms with Gasteiger partial charge in [-0.2, -0.15) is 5.10 Å². The molecule has 0 saturated carbocycles. The molecule has 0 aliphatic heterocycles. The number of aryl methyl sites for hydroxylation is 1. The molecule has 0 aliphatic rings. The first-order valence-corrected chi connectivity index (χ1v) is 6.76. The topological polar surface area (TPSA) is 53.1 Å². The minimum atomic E-state index is 0.0855. The number of benzene rings is 1. The number of ether oxygens (including phenoxy) is 1. The van der Waals surface area contributed by atoms with Gasteiger partial charge in [0.1, 0.15) is 11.6 Å². The molecule has 2 rings (SSSR count). The standard InChI is InChI=1S/C13H16IN3O/c1-8-12(14)13(15)17(16-8)9(2)10-5-4-6-11(7-10)18-3/h4-7,9H,15H2,1-3H3. The first-order chi connectivity index (χ1) is 8.54. The van der Waals surface area contributed by atoms with Crippen molar-refractivity contribution >= 4 is 28.4 Å². The first-order valence-electron chi connectivity index (χ1n) is 5.68. The summed E-state index contributed by atoms with van der Waals surface area (Å²) in [4.78, 5) is 0. The number of nitrogen functional groups attached to an aromatic ring is 1. The molecule has 1 atom stereocenters. The highest BCUT2D eigenvalue weighted by atomic mass is 127. The van der Waals surface area contributed by atoms with Crippen LogP contribution in [0.2, 0.25) is 0 Å². The van der Waals surface area contributed by atoms with Gasteiger partial charge in [-0.05, 0) is 54.1 Å². The summed E-state index contributed by atoms with van der Waals surface area (Å²) in [6.07, 6.45) is 0. The van der Waals surface area contributed by atoms with Gasteiger partial charge < -0.3 is 10.5 Å². The van der Waals surface area contributed by atoms with E-state index >= 15 is 0 Å². The number of nitrogens with zero attached hydrogens (tertiary/aromatic N) is 2. The number of halogens is 1. The summed E-state index contributed by atoms with van der Waals surface area (Å²) in [5, 5.41) is 4.48. The van der Waals surface area contributed by atoms with Crippen LogP contribution < -0.4 is 10.5 Å². The van der Waals surface area contributed by atoms with Crippen LogP contribution in [0.3, 0.4) is 0 Å². The third-order valence-corrected chi connectivity index (χ3v) is 4.32. The van der Waals surface area contributed by atoms with Crippen molar-refractivity contribution in [2.24, 2.45) is 0 Å². The van der Waals surface area contributed by atoms with Crippen molar-refractivity contribution in [1.29, 1.82) is 0 Å². The van der Waals surface area contributed by atoms with E-state index in [0.29, 0.717) is 5.82 Å². The lowest BCUT2D eigenvalue weighted by Crippen LogP contribution is -2.12. The van der Waals surface area contributed by atoms with E-state index in [0.717, 1.165) is 20.6 Å². The Morgan fingerprint density at radius 2 is 2.17 bits per heavy atom. The molecule has 0 bridgehead atoms. The van der Waals surface area contributed by atoms with Crippen LogP contribution in [-0.2, 0) is 0 Å². The molecular weight excluding hydrogens is 341 g/mol. The van der Waals surface area contributed by atoms with Crippen molar-refractivity contribution in [3.05, 3.63) is 39.1 Å². The van der Waals surface area contributed by atoms with E-state index < -0.39 is 0 Å². The highest BCUT2D eigenvalue weighted by Crippen LogP contribution is 2.27. The second-order valence-corrected chi connectivity index (χ2v) is 5.26. The summed E-state index contributed by atoms with van der Waals surface area (Å²) in [5.74, 6) is 1.56. The van der Waals surface area contributed by atoms with Gasteiger partial charge >= 0.3 is 0 Å². The van der Waals surface area contributed by atoms with Crippen molar-refractivity contribution in [2.45, 2.75) is 19.9 Å². The Hall–Kier alpha value is -1.24. The maximum absolute atomic E-state index is 6.07. The Labute approximate surface area is 120 Å². The zero-order chi connectivity index (χ0) is 13.3. The molecule has 2 aromatic rings. The Bertz CT molecular complexity index is 565. The van der Waals surface area contributed by atoms with Gasteiger partial charge in [0.05, 0.1) is 22.4 Å². The number of anilines is 1. The van der Waals surface area contributed by atoms with Crippen LogP contribution in [0, 0.1) is 10.5 Å². The molecule has 1 heterocycles. The Morgan fingerprint density at radius 1 is 1.44 bits per heavy atom. The van der Waals surface area contributed by atoms with E-state index in [-0.39, 0.29) is 6.04 Å². The van der Waals surface area contributed by atoms with E-state index in [1.54, 1.807) is 7.11 Å². The molecule has 0 radical (unpaired) electrons. The van der Waals surface area contributed by atoms with Gasteiger partial charge in [-0.25, -0.2) is 4.68 Å². The lowest BCUT2D eigenvalue weighted by atomic mass is 10.1. The smallest absolute Gasteiger partial charge is 0.136 e. The molecular formula is C13H16IN3O. The normalized spacial score (nSPS) is 12.4. The highest BCUT2D eigenvalue weighted by Gasteiger charge is 2.16. The number of methoxy groups -OCH3 is 1. The van der Waals surface area contributed by atoms with Gasteiger partial charge in [-0.3, -0.25) is 0 Å². The van der Waals surface area contributed by atoms with Crippen LogP contribution in [0.1, 0.15) is 24.2 Å². The second-order valence-electron chi connectivity index (χ2n) is 4.18. The van der Waals surface area contributed by atoms with Crippen molar-refractivity contribution in [3.63, 3.8) is 0 Å². The van der Waals surface area contributed by atoms with Crippen molar-refractivity contribution < 1.29 is 4.74 Å². The first kappa shape index (κ1) is 13.2. The van der Waals surface area contributed by atoms with E-state index in [1.807, 2.05) is 29.8 Å². The summed E-state index contributed by atoms with van der Waals surface area (Å²) in [7, 11) is 1.67. The minimum absolute atomic E-state index is 0.0855. The summed E-state index contributed by atoms with van der Waals surface area (Å²) in [6.45, 7) is 4.04. The molecule has 0 amide bonds. The number of rotatable bonds is 3. The molecule has 18 heavy (non-hydrogen) atoms. The predicted molar refractivity (Wildman–Crippen MR) is 80.9 cm³/mol. The van der Waals surface area contributed by atoms with Crippen molar-refractivity contribution in [2.75, 3.05) is 12.8 Å². The average Bonchev–Trinajstić information content (AvgIpc) is 2.65. The molecule has 0 aliphatic carbocycles. The van der Waals surface area contributed by atoms with Gasteiger partial charge in [0.25, 0.3) is 0 Å². The molecule has 0 spiro atoms. The van der Waals surface area contributed by atoms with E-state index in [2.05, 4.69) is 40.7 Å². The van der Waals surface area contributed by atoms with Gasteiger partial charge in [0.2, 0.25) is 0 Å². The lowest BCUT2D eigenvalue weighted by Gasteiger charge is -2.15. The molecule has 4 nitrogen and oxygen atoms in total. The fraction of sp³-hybridized carbons (Fsp3) is 0.308. The van der Waals surface area contributed by atoms with Crippen LogP contribution in [0.15, 0.2) is 24.3 Å². The predicted octanol–water partition coefficient (Wildman–Crippen LogP) is 3.00. The number of nitrogens with two attached hydrogens (primary N) is 1. The van der Waals surface area contributed by atoms with Gasteiger partial charge in [-0.1, -0.05) is 12.1 Å². The number of aromatic nitrogens is 2. The maximum Gasteiger partial charge on any atom is 0.136 e. The quantitative estimate of drug-likeness (QED) is 0.860. The Morgan fingerprint density at radius 3 is 2.72 bits per heavy atom. The molecule has 2 N–H and O–H groups in total. The van der Waals surface area contributed by atoms with Gasteiger partial charge in [0, 0.05) is 0 Å². The number of hydrogen-bond acceptors (Lipinski definition) is 3. The Kier molecular flexibility index (Phi) is 3.79. The third-order valence-electron chi connectivity index (χ3n) is 2.99. The molecule has 1 aromatic heterocycles. The molecule has 96 valence electrons. The highest BCUT2D eigenvalue weighted by molar-refractivity contribution is 14.1. The molecule has 0 fully saturated rings. The number of hydrogen-bond donors (Lipinski definition) is 1. The molecule has 1 unspecified atom stereocenters. The summed E-state index contributed by atoms with van der Waals surface area (Å²) in [5.41, 5.74) is 8.16. The van der Waals surface area contributed by atoms with E-state index in [1.165, 1.54) is 0 Å². The van der Waals surface area contributed by atoms with Crippen molar-refractivity contribution in [1.82, 2.24) is 9.78 Å². The summed E-state index contributed by atoms with van der Waals surface area (Å²) < 4.78 is 8.11. The van der Waals surface area contributed by atoms with E-state index in [9.17, 15) is 0 Å².